The second-order valence-electron chi connectivity index (χ2n) is 6.37. The molecule has 1 amide bonds. The van der Waals surface area contributed by atoms with Crippen LogP contribution in [0.1, 0.15) is 24.8 Å². The number of hydrogen-bond donors (Lipinski definition) is 1. The lowest BCUT2D eigenvalue weighted by Crippen LogP contribution is -2.30. The normalized spacial score (nSPS) is 21.0. The molecule has 6 heteroatoms. The van der Waals surface area contributed by atoms with Crippen molar-refractivity contribution in [3.63, 3.8) is 0 Å². The molecule has 1 aromatic carbocycles. The van der Waals surface area contributed by atoms with E-state index in [9.17, 15) is 14.9 Å². The van der Waals surface area contributed by atoms with Crippen molar-refractivity contribution in [2.24, 2.45) is 11.8 Å². The van der Waals surface area contributed by atoms with Crippen LogP contribution in [-0.4, -0.2) is 35.4 Å². The lowest BCUT2D eigenvalue weighted by Gasteiger charge is -2.17. The van der Waals surface area contributed by atoms with Crippen molar-refractivity contribution in [2.45, 2.75) is 26.2 Å². The number of benzene rings is 1. The number of likely N-dealkylation sites (tertiary alicyclic amines) is 1. The van der Waals surface area contributed by atoms with Crippen molar-refractivity contribution < 1.29 is 9.72 Å². The summed E-state index contributed by atoms with van der Waals surface area (Å²) in [5.41, 5.74) is 1.55. The molecule has 2 fully saturated rings. The van der Waals surface area contributed by atoms with Crippen LogP contribution in [0, 0.1) is 28.9 Å². The fourth-order valence-corrected chi connectivity index (χ4v) is 2.98. The summed E-state index contributed by atoms with van der Waals surface area (Å²) in [6.07, 6.45) is 3.03. The van der Waals surface area contributed by atoms with E-state index in [1.54, 1.807) is 12.1 Å². The molecule has 2 aliphatic rings. The first-order valence-corrected chi connectivity index (χ1v) is 7.82. The zero-order chi connectivity index (χ0) is 15.7. The lowest BCUT2D eigenvalue weighted by atomic mass is 10.1. The Morgan fingerprint density at radius 2 is 2.18 bits per heavy atom. The maximum absolute atomic E-state index is 12.0. The maximum Gasteiger partial charge on any atom is 0.292 e. The van der Waals surface area contributed by atoms with Gasteiger partial charge in [0.2, 0.25) is 5.91 Å². The van der Waals surface area contributed by atoms with Crippen LogP contribution in [0.2, 0.25) is 0 Å². The molecule has 0 aromatic heterocycles. The third-order valence-electron chi connectivity index (χ3n) is 4.46. The first-order chi connectivity index (χ1) is 10.5. The highest BCUT2D eigenvalue weighted by molar-refractivity contribution is 5.81. The van der Waals surface area contributed by atoms with E-state index >= 15 is 0 Å². The Kier molecular flexibility index (Phi) is 4.00. The molecular formula is C16H21N3O3. The molecule has 0 radical (unpaired) electrons. The summed E-state index contributed by atoms with van der Waals surface area (Å²) in [5, 5.41) is 14.3. The molecular weight excluding hydrogens is 282 g/mol. The highest BCUT2D eigenvalue weighted by Crippen LogP contribution is 2.33. The van der Waals surface area contributed by atoms with Gasteiger partial charge in [-0.15, -0.1) is 0 Å². The first kappa shape index (κ1) is 14.8. The summed E-state index contributed by atoms with van der Waals surface area (Å²) in [5.74, 6) is 0.928. The van der Waals surface area contributed by atoms with Crippen molar-refractivity contribution >= 4 is 17.3 Å². The number of hydrogen-bond acceptors (Lipinski definition) is 4. The zero-order valence-electron chi connectivity index (χ0n) is 12.7. The fraction of sp³-hybridized carbons (Fsp3) is 0.562. The van der Waals surface area contributed by atoms with Gasteiger partial charge in [-0.1, -0.05) is 6.07 Å². The topological polar surface area (TPSA) is 75.5 Å². The Morgan fingerprint density at radius 1 is 1.41 bits per heavy atom. The number of carbonyl (C=O) groups excluding carboxylic acids is 1. The van der Waals surface area contributed by atoms with E-state index in [2.05, 4.69) is 5.32 Å². The number of rotatable bonds is 5. The Bertz CT molecular complexity index is 598. The smallest absolute Gasteiger partial charge is 0.292 e. The first-order valence-electron chi connectivity index (χ1n) is 7.82. The Hall–Kier alpha value is -2.11. The van der Waals surface area contributed by atoms with Crippen LogP contribution in [0.25, 0.3) is 0 Å². The van der Waals surface area contributed by atoms with Crippen molar-refractivity contribution in [3.05, 3.63) is 33.9 Å². The number of carbonyl (C=O) groups is 1. The van der Waals surface area contributed by atoms with Gasteiger partial charge in [0, 0.05) is 31.6 Å². The number of nitrogens with one attached hydrogen (secondary N) is 1. The van der Waals surface area contributed by atoms with Crippen LogP contribution in [0.15, 0.2) is 18.2 Å². The molecule has 1 aliphatic heterocycles. The van der Waals surface area contributed by atoms with E-state index < -0.39 is 0 Å². The average Bonchev–Trinajstić information content (AvgIpc) is 3.23. The fourth-order valence-electron chi connectivity index (χ4n) is 2.98. The van der Waals surface area contributed by atoms with Gasteiger partial charge < -0.3 is 10.2 Å². The van der Waals surface area contributed by atoms with Gasteiger partial charge in [-0.3, -0.25) is 14.9 Å². The van der Waals surface area contributed by atoms with Gasteiger partial charge in [0.25, 0.3) is 5.69 Å². The second-order valence-corrected chi connectivity index (χ2v) is 6.37. The van der Waals surface area contributed by atoms with Gasteiger partial charge in [0.1, 0.15) is 5.69 Å². The van der Waals surface area contributed by atoms with Crippen LogP contribution in [0.5, 0.6) is 0 Å². The molecule has 22 heavy (non-hydrogen) atoms. The van der Waals surface area contributed by atoms with E-state index in [0.717, 1.165) is 37.9 Å². The number of nitro benzene ring substituents is 1. The Morgan fingerprint density at radius 3 is 2.86 bits per heavy atom. The summed E-state index contributed by atoms with van der Waals surface area (Å²) in [7, 11) is 0. The van der Waals surface area contributed by atoms with Gasteiger partial charge >= 0.3 is 0 Å². The number of nitro groups is 1. The van der Waals surface area contributed by atoms with E-state index in [1.807, 2.05) is 17.9 Å². The van der Waals surface area contributed by atoms with E-state index in [4.69, 9.17) is 0 Å². The molecule has 3 rings (SSSR count). The monoisotopic (exact) mass is 303 g/mol. The lowest BCUT2D eigenvalue weighted by molar-refractivity contribution is -0.384. The molecule has 1 aliphatic carbocycles. The second kappa shape index (κ2) is 5.94. The van der Waals surface area contributed by atoms with Crippen molar-refractivity contribution in [3.8, 4) is 0 Å². The molecule has 6 nitrogen and oxygen atoms in total. The van der Waals surface area contributed by atoms with Gasteiger partial charge in [-0.05, 0) is 43.7 Å². The summed E-state index contributed by atoms with van der Waals surface area (Å²) in [6, 6.07) is 5.21. The minimum absolute atomic E-state index is 0.115. The van der Waals surface area contributed by atoms with Crippen LogP contribution >= 0.6 is 0 Å². The maximum atomic E-state index is 12.0. The highest BCUT2D eigenvalue weighted by atomic mass is 16.6. The minimum Gasteiger partial charge on any atom is -0.379 e. The van der Waals surface area contributed by atoms with Gasteiger partial charge in [0.05, 0.1) is 4.92 Å². The van der Waals surface area contributed by atoms with E-state index in [-0.39, 0.29) is 16.5 Å². The summed E-state index contributed by atoms with van der Waals surface area (Å²) < 4.78 is 0. The standard InChI is InChI=1S/C16H21N3O3/c1-11-2-5-14(15(8-11)19(21)22)17-9-12-6-7-18(10-12)16(20)13-3-4-13/h2,5,8,12-13,17H,3-4,6-7,9-10H2,1H3/t12-/m0/s1. The largest absolute Gasteiger partial charge is 0.379 e. The molecule has 0 spiro atoms. The zero-order valence-corrected chi connectivity index (χ0v) is 12.7. The molecule has 1 atom stereocenters. The Balaban J connectivity index is 1.57. The van der Waals surface area contributed by atoms with Crippen LogP contribution in [0.3, 0.4) is 0 Å². The molecule has 0 unspecified atom stereocenters. The minimum atomic E-state index is -0.354. The van der Waals surface area contributed by atoms with Crippen LogP contribution < -0.4 is 5.32 Å². The van der Waals surface area contributed by atoms with Crippen LogP contribution in [0.4, 0.5) is 11.4 Å². The highest BCUT2D eigenvalue weighted by Gasteiger charge is 2.36. The molecule has 118 valence electrons. The Labute approximate surface area is 129 Å². The third kappa shape index (κ3) is 3.21. The SMILES string of the molecule is Cc1ccc(NC[C@@H]2CCN(C(=O)C3CC3)C2)c([N+](=O)[O-])c1. The van der Waals surface area contributed by atoms with Gasteiger partial charge in [-0.2, -0.15) is 0 Å². The number of anilines is 1. The molecule has 1 saturated heterocycles. The van der Waals surface area contributed by atoms with E-state index in [1.165, 1.54) is 0 Å². The predicted molar refractivity (Wildman–Crippen MR) is 83.7 cm³/mol. The number of aryl methyl sites for hydroxylation is 1. The van der Waals surface area contributed by atoms with Crippen molar-refractivity contribution in [1.82, 2.24) is 4.90 Å². The van der Waals surface area contributed by atoms with Gasteiger partial charge in [0.15, 0.2) is 0 Å². The number of amides is 1. The van der Waals surface area contributed by atoms with Crippen molar-refractivity contribution in [1.29, 1.82) is 0 Å². The van der Waals surface area contributed by atoms with Gasteiger partial charge in [-0.25, -0.2) is 0 Å². The molecule has 0 bridgehead atoms. The molecule has 1 heterocycles. The molecule has 1 N–H and O–H groups in total. The van der Waals surface area contributed by atoms with Crippen molar-refractivity contribution in [2.75, 3.05) is 25.0 Å². The summed E-state index contributed by atoms with van der Waals surface area (Å²) in [6.45, 7) is 4.09. The summed E-state index contributed by atoms with van der Waals surface area (Å²) >= 11 is 0. The molecule has 1 saturated carbocycles. The predicted octanol–water partition coefficient (Wildman–Crippen LogP) is 2.57. The quantitative estimate of drug-likeness (QED) is 0.670. The summed E-state index contributed by atoms with van der Waals surface area (Å²) in [4.78, 5) is 24.7. The third-order valence-corrected chi connectivity index (χ3v) is 4.46. The average molecular weight is 303 g/mol. The van der Waals surface area contributed by atoms with E-state index in [0.29, 0.717) is 24.1 Å². The molecule has 1 aromatic rings. The number of nitrogens with zero attached hydrogens (tertiary/aromatic N) is 2. The van der Waals surface area contributed by atoms with Crippen LogP contribution in [-0.2, 0) is 4.79 Å².